The van der Waals surface area contributed by atoms with Gasteiger partial charge in [0.25, 0.3) is 0 Å². The van der Waals surface area contributed by atoms with Crippen LogP contribution in [0.2, 0.25) is 0 Å². The molecule has 0 amide bonds. The first-order chi connectivity index (χ1) is 7.16. The lowest BCUT2D eigenvalue weighted by Crippen LogP contribution is -1.96. The van der Waals surface area contributed by atoms with Crippen LogP contribution in [0.15, 0.2) is 24.3 Å². The number of hydrogen-bond donors (Lipinski definition) is 0. The number of benzene rings is 1. The van der Waals surface area contributed by atoms with Crippen LogP contribution in [0.25, 0.3) is 0 Å². The SMILES string of the molecule is CC(=O)c1ccc(C2CCC(C)C2)cc1. The molecule has 2 rings (SSSR count). The van der Waals surface area contributed by atoms with Gasteiger partial charge in [-0.15, -0.1) is 0 Å². The van der Waals surface area contributed by atoms with Crippen molar-refractivity contribution in [3.63, 3.8) is 0 Å². The molecule has 0 radical (unpaired) electrons. The van der Waals surface area contributed by atoms with E-state index in [1.807, 2.05) is 12.1 Å². The molecule has 0 aromatic heterocycles. The van der Waals surface area contributed by atoms with E-state index in [1.54, 1.807) is 6.92 Å². The van der Waals surface area contributed by atoms with Crippen LogP contribution in [0.4, 0.5) is 0 Å². The van der Waals surface area contributed by atoms with Crippen molar-refractivity contribution in [3.05, 3.63) is 35.4 Å². The highest BCUT2D eigenvalue weighted by atomic mass is 16.1. The van der Waals surface area contributed by atoms with E-state index in [1.165, 1.54) is 24.8 Å². The second kappa shape index (κ2) is 4.18. The van der Waals surface area contributed by atoms with Gasteiger partial charge in [-0.2, -0.15) is 0 Å². The molecule has 1 saturated carbocycles. The number of ketones is 1. The first-order valence-corrected chi connectivity index (χ1v) is 5.77. The third kappa shape index (κ3) is 2.28. The molecule has 0 aliphatic heterocycles. The van der Waals surface area contributed by atoms with Crippen LogP contribution >= 0.6 is 0 Å². The zero-order valence-electron chi connectivity index (χ0n) is 9.49. The van der Waals surface area contributed by atoms with E-state index in [2.05, 4.69) is 19.1 Å². The fourth-order valence-corrected chi connectivity index (χ4v) is 2.50. The fourth-order valence-electron chi connectivity index (χ4n) is 2.50. The predicted octanol–water partition coefficient (Wildman–Crippen LogP) is 3.79. The second-order valence-electron chi connectivity index (χ2n) is 4.79. The van der Waals surface area contributed by atoms with Gasteiger partial charge in [0, 0.05) is 5.56 Å². The molecule has 2 atom stereocenters. The van der Waals surface area contributed by atoms with Gasteiger partial charge in [0.2, 0.25) is 0 Å². The molecule has 15 heavy (non-hydrogen) atoms. The Kier molecular flexibility index (Phi) is 2.90. The van der Waals surface area contributed by atoms with E-state index < -0.39 is 0 Å². The molecule has 0 heterocycles. The van der Waals surface area contributed by atoms with Crippen LogP contribution < -0.4 is 0 Å². The Morgan fingerprint density at radius 1 is 1.20 bits per heavy atom. The van der Waals surface area contributed by atoms with E-state index >= 15 is 0 Å². The second-order valence-corrected chi connectivity index (χ2v) is 4.79. The van der Waals surface area contributed by atoms with Gasteiger partial charge in [0.15, 0.2) is 5.78 Å². The van der Waals surface area contributed by atoms with Crippen molar-refractivity contribution in [1.29, 1.82) is 0 Å². The molecule has 1 nitrogen and oxygen atoms in total. The third-order valence-electron chi connectivity index (χ3n) is 3.48. The topological polar surface area (TPSA) is 17.1 Å². The summed E-state index contributed by atoms with van der Waals surface area (Å²) in [7, 11) is 0. The maximum Gasteiger partial charge on any atom is 0.159 e. The monoisotopic (exact) mass is 202 g/mol. The molecule has 1 heteroatoms. The Labute approximate surface area is 91.5 Å². The van der Waals surface area contributed by atoms with Gasteiger partial charge in [-0.1, -0.05) is 37.6 Å². The lowest BCUT2D eigenvalue weighted by atomic mass is 9.95. The standard InChI is InChI=1S/C14H18O/c1-10-3-4-14(9-10)13-7-5-12(6-8-13)11(2)15/h5-8,10,14H,3-4,9H2,1-2H3. The van der Waals surface area contributed by atoms with E-state index in [0.717, 1.165) is 17.4 Å². The summed E-state index contributed by atoms with van der Waals surface area (Å²) in [5.41, 5.74) is 2.23. The normalized spacial score (nSPS) is 25.5. The largest absolute Gasteiger partial charge is 0.295 e. The predicted molar refractivity (Wildman–Crippen MR) is 62.2 cm³/mol. The zero-order chi connectivity index (χ0) is 10.8. The molecule has 0 saturated heterocycles. The Hall–Kier alpha value is -1.11. The average molecular weight is 202 g/mol. The molecule has 80 valence electrons. The smallest absolute Gasteiger partial charge is 0.159 e. The van der Waals surface area contributed by atoms with Crippen molar-refractivity contribution in [3.8, 4) is 0 Å². The molecule has 1 aliphatic carbocycles. The third-order valence-corrected chi connectivity index (χ3v) is 3.48. The van der Waals surface area contributed by atoms with Gasteiger partial charge in [-0.25, -0.2) is 0 Å². The molecule has 1 aliphatic rings. The first kappa shape index (κ1) is 10.4. The maximum atomic E-state index is 11.1. The lowest BCUT2D eigenvalue weighted by molar-refractivity contribution is 0.101. The van der Waals surface area contributed by atoms with Crippen LogP contribution in [0.5, 0.6) is 0 Å². The van der Waals surface area contributed by atoms with Crippen molar-refractivity contribution in [2.45, 2.75) is 39.0 Å². The van der Waals surface area contributed by atoms with E-state index in [4.69, 9.17) is 0 Å². The molecular formula is C14H18O. The van der Waals surface area contributed by atoms with Gasteiger partial charge < -0.3 is 0 Å². The summed E-state index contributed by atoms with van der Waals surface area (Å²) in [6.45, 7) is 3.94. The zero-order valence-corrected chi connectivity index (χ0v) is 9.49. The summed E-state index contributed by atoms with van der Waals surface area (Å²) in [6.07, 6.45) is 3.96. The van der Waals surface area contributed by atoms with Crippen LogP contribution in [0.1, 0.15) is 54.9 Å². The average Bonchev–Trinajstić information content (AvgIpc) is 2.65. The highest BCUT2D eigenvalue weighted by Gasteiger charge is 2.22. The molecule has 2 unspecified atom stereocenters. The summed E-state index contributed by atoms with van der Waals surface area (Å²) in [4.78, 5) is 11.1. The van der Waals surface area contributed by atoms with Gasteiger partial charge in [0.05, 0.1) is 0 Å². The molecule has 1 aromatic rings. The van der Waals surface area contributed by atoms with Crippen molar-refractivity contribution >= 4 is 5.78 Å². The minimum Gasteiger partial charge on any atom is -0.295 e. The van der Waals surface area contributed by atoms with Crippen molar-refractivity contribution in [2.75, 3.05) is 0 Å². The Morgan fingerprint density at radius 3 is 2.33 bits per heavy atom. The summed E-state index contributed by atoms with van der Waals surface area (Å²) in [5, 5.41) is 0. The number of hydrogen-bond acceptors (Lipinski definition) is 1. The number of carbonyl (C=O) groups excluding carboxylic acids is 1. The van der Waals surface area contributed by atoms with E-state index in [9.17, 15) is 4.79 Å². The quantitative estimate of drug-likeness (QED) is 0.667. The molecule has 1 fully saturated rings. The van der Waals surface area contributed by atoms with Gasteiger partial charge in [-0.3, -0.25) is 4.79 Å². The Bertz CT molecular complexity index is 350. The summed E-state index contributed by atoms with van der Waals surface area (Å²) in [6, 6.07) is 8.17. The Morgan fingerprint density at radius 2 is 1.87 bits per heavy atom. The van der Waals surface area contributed by atoms with Crippen LogP contribution in [0.3, 0.4) is 0 Å². The van der Waals surface area contributed by atoms with Crippen molar-refractivity contribution < 1.29 is 4.79 Å². The summed E-state index contributed by atoms with van der Waals surface area (Å²) in [5.74, 6) is 1.74. The Balaban J connectivity index is 2.13. The van der Waals surface area contributed by atoms with Crippen LogP contribution in [-0.2, 0) is 0 Å². The lowest BCUT2D eigenvalue weighted by Gasteiger charge is -2.10. The van der Waals surface area contributed by atoms with E-state index in [0.29, 0.717) is 0 Å². The maximum absolute atomic E-state index is 11.1. The molecule has 1 aromatic carbocycles. The fraction of sp³-hybridized carbons (Fsp3) is 0.500. The summed E-state index contributed by atoms with van der Waals surface area (Å²) >= 11 is 0. The minimum absolute atomic E-state index is 0.154. The molecular weight excluding hydrogens is 184 g/mol. The minimum atomic E-state index is 0.154. The van der Waals surface area contributed by atoms with Gasteiger partial charge in [-0.05, 0) is 37.2 Å². The summed E-state index contributed by atoms with van der Waals surface area (Å²) < 4.78 is 0. The first-order valence-electron chi connectivity index (χ1n) is 5.77. The highest BCUT2D eigenvalue weighted by Crippen LogP contribution is 2.37. The van der Waals surface area contributed by atoms with Crippen molar-refractivity contribution in [1.82, 2.24) is 0 Å². The highest BCUT2D eigenvalue weighted by molar-refractivity contribution is 5.94. The van der Waals surface area contributed by atoms with Gasteiger partial charge >= 0.3 is 0 Å². The van der Waals surface area contributed by atoms with Crippen LogP contribution in [0, 0.1) is 5.92 Å². The van der Waals surface area contributed by atoms with E-state index in [-0.39, 0.29) is 5.78 Å². The molecule has 0 spiro atoms. The van der Waals surface area contributed by atoms with Gasteiger partial charge in [0.1, 0.15) is 0 Å². The van der Waals surface area contributed by atoms with Crippen LogP contribution in [-0.4, -0.2) is 5.78 Å². The number of carbonyl (C=O) groups is 1. The number of rotatable bonds is 2. The molecule has 0 N–H and O–H groups in total. The van der Waals surface area contributed by atoms with Crippen molar-refractivity contribution in [2.24, 2.45) is 5.92 Å². The number of Topliss-reactive ketones (excluding diaryl/α,β-unsaturated/α-hetero) is 1. The molecule has 0 bridgehead atoms.